The molecule has 7 heteroatoms. The minimum atomic E-state index is -0.504. The molecule has 5 rings (SSSR count). The van der Waals surface area contributed by atoms with Crippen molar-refractivity contribution in [1.29, 1.82) is 0 Å². The zero-order valence-electron chi connectivity index (χ0n) is 18.6. The lowest BCUT2D eigenvalue weighted by Crippen LogP contribution is -2.47. The highest BCUT2D eigenvalue weighted by Gasteiger charge is 2.47. The van der Waals surface area contributed by atoms with Crippen molar-refractivity contribution in [3.8, 4) is 11.3 Å². The highest BCUT2D eigenvalue weighted by atomic mass is 16.2. The summed E-state index contributed by atoms with van der Waals surface area (Å²) < 4.78 is 0. The van der Waals surface area contributed by atoms with Crippen LogP contribution in [-0.4, -0.2) is 26.9 Å². The predicted molar refractivity (Wildman–Crippen MR) is 131 cm³/mol. The number of carbonyl (C=O) groups is 1. The van der Waals surface area contributed by atoms with Crippen molar-refractivity contribution in [3.05, 3.63) is 113 Å². The Kier molecular flexibility index (Phi) is 6.01. The lowest BCUT2D eigenvalue weighted by molar-refractivity contribution is -0.118. The minimum absolute atomic E-state index is 0.197. The number of rotatable bonds is 8. The number of amides is 1. The summed E-state index contributed by atoms with van der Waals surface area (Å²) >= 11 is 0. The van der Waals surface area contributed by atoms with E-state index in [1.807, 2.05) is 48.5 Å². The number of anilines is 1. The Morgan fingerprint density at radius 1 is 0.971 bits per heavy atom. The van der Waals surface area contributed by atoms with Gasteiger partial charge in [-0.25, -0.2) is 0 Å². The lowest BCUT2D eigenvalue weighted by atomic mass is 10.0. The SMILES string of the molecule is O=C(Nc1cc(-c2ccncc2)[nH]c(=O)c1)[C@H](Cc1ccccc1)NC1(c2ccccn2)CC1. The lowest BCUT2D eigenvalue weighted by Gasteiger charge is -2.25. The first kappa shape index (κ1) is 21.7. The Labute approximate surface area is 197 Å². The second-order valence-corrected chi connectivity index (χ2v) is 8.56. The molecule has 1 atom stereocenters. The molecule has 1 aromatic carbocycles. The molecule has 1 amide bonds. The molecular weight excluding hydrogens is 426 g/mol. The van der Waals surface area contributed by atoms with Gasteiger partial charge in [0.1, 0.15) is 0 Å². The molecule has 0 bridgehead atoms. The smallest absolute Gasteiger partial charge is 0.250 e. The first-order chi connectivity index (χ1) is 16.6. The fourth-order valence-corrected chi connectivity index (χ4v) is 4.17. The largest absolute Gasteiger partial charge is 0.324 e. The number of pyridine rings is 3. The minimum Gasteiger partial charge on any atom is -0.324 e. The average Bonchev–Trinajstić information content (AvgIpc) is 3.66. The fourth-order valence-electron chi connectivity index (χ4n) is 4.17. The Morgan fingerprint density at radius 2 is 1.74 bits per heavy atom. The van der Waals surface area contributed by atoms with Gasteiger partial charge in [0.15, 0.2) is 0 Å². The van der Waals surface area contributed by atoms with Gasteiger partial charge in [-0.1, -0.05) is 36.4 Å². The van der Waals surface area contributed by atoms with Gasteiger partial charge in [-0.2, -0.15) is 0 Å². The van der Waals surface area contributed by atoms with Gasteiger partial charge < -0.3 is 10.3 Å². The summed E-state index contributed by atoms with van der Waals surface area (Å²) in [5.74, 6) is -0.197. The third kappa shape index (κ3) is 4.94. The van der Waals surface area contributed by atoms with Gasteiger partial charge >= 0.3 is 0 Å². The third-order valence-electron chi connectivity index (χ3n) is 6.06. The van der Waals surface area contributed by atoms with E-state index in [1.54, 1.807) is 36.8 Å². The molecule has 0 radical (unpaired) electrons. The Morgan fingerprint density at radius 3 is 2.44 bits per heavy atom. The number of carbonyl (C=O) groups excluding carboxylic acids is 1. The zero-order chi connectivity index (χ0) is 23.4. The normalized spacial score (nSPS) is 14.8. The van der Waals surface area contributed by atoms with Crippen LogP contribution in [0.15, 0.2) is 96.2 Å². The highest BCUT2D eigenvalue weighted by molar-refractivity contribution is 5.95. The molecule has 0 spiro atoms. The zero-order valence-corrected chi connectivity index (χ0v) is 18.6. The van der Waals surface area contributed by atoms with E-state index in [0.29, 0.717) is 17.8 Å². The summed E-state index contributed by atoms with van der Waals surface area (Å²) in [7, 11) is 0. The van der Waals surface area contributed by atoms with Crippen molar-refractivity contribution in [2.24, 2.45) is 0 Å². The van der Waals surface area contributed by atoms with Gasteiger partial charge in [0.2, 0.25) is 11.5 Å². The molecule has 170 valence electrons. The summed E-state index contributed by atoms with van der Waals surface area (Å²) in [4.78, 5) is 37.2. The fraction of sp³-hybridized carbons (Fsp3) is 0.185. The van der Waals surface area contributed by atoms with Crippen LogP contribution in [0.5, 0.6) is 0 Å². The van der Waals surface area contributed by atoms with Crippen molar-refractivity contribution in [2.45, 2.75) is 30.8 Å². The number of aromatic amines is 1. The number of aromatic nitrogens is 3. The van der Waals surface area contributed by atoms with E-state index in [-0.39, 0.29) is 17.0 Å². The second kappa shape index (κ2) is 9.41. The van der Waals surface area contributed by atoms with E-state index in [0.717, 1.165) is 29.7 Å². The topological polar surface area (TPSA) is 99.8 Å². The summed E-state index contributed by atoms with van der Waals surface area (Å²) in [5, 5.41) is 6.54. The summed E-state index contributed by atoms with van der Waals surface area (Å²) in [6.45, 7) is 0. The molecule has 1 aliphatic rings. The number of H-pyrrole nitrogens is 1. The average molecular weight is 452 g/mol. The molecule has 1 fully saturated rings. The molecule has 3 heterocycles. The van der Waals surface area contributed by atoms with E-state index >= 15 is 0 Å². The van der Waals surface area contributed by atoms with Crippen molar-refractivity contribution >= 4 is 11.6 Å². The molecule has 34 heavy (non-hydrogen) atoms. The van der Waals surface area contributed by atoms with Crippen LogP contribution in [0.25, 0.3) is 11.3 Å². The van der Waals surface area contributed by atoms with Crippen LogP contribution in [0, 0.1) is 0 Å². The van der Waals surface area contributed by atoms with Crippen molar-refractivity contribution < 1.29 is 4.79 Å². The second-order valence-electron chi connectivity index (χ2n) is 8.56. The van der Waals surface area contributed by atoms with Crippen molar-refractivity contribution in [3.63, 3.8) is 0 Å². The Bertz CT molecular complexity index is 1320. The van der Waals surface area contributed by atoms with E-state index in [1.165, 1.54) is 6.07 Å². The highest BCUT2D eigenvalue weighted by Crippen LogP contribution is 2.45. The van der Waals surface area contributed by atoms with Gasteiger partial charge in [-0.3, -0.25) is 24.9 Å². The van der Waals surface area contributed by atoms with Crippen molar-refractivity contribution in [1.82, 2.24) is 20.3 Å². The molecule has 0 aliphatic heterocycles. The van der Waals surface area contributed by atoms with Gasteiger partial charge in [-0.15, -0.1) is 0 Å². The van der Waals surface area contributed by atoms with E-state index in [4.69, 9.17) is 0 Å². The van der Waals surface area contributed by atoms with Gasteiger partial charge in [0.05, 0.1) is 23.0 Å². The van der Waals surface area contributed by atoms with Crippen LogP contribution in [-0.2, 0) is 16.8 Å². The Hall–Kier alpha value is -4.10. The van der Waals surface area contributed by atoms with E-state index in [2.05, 4.69) is 25.6 Å². The van der Waals surface area contributed by atoms with Crippen LogP contribution in [0.2, 0.25) is 0 Å². The van der Waals surface area contributed by atoms with Crippen molar-refractivity contribution in [2.75, 3.05) is 5.32 Å². The van der Waals surface area contributed by atoms with Crippen LogP contribution in [0.3, 0.4) is 0 Å². The number of hydrogen-bond donors (Lipinski definition) is 3. The number of hydrogen-bond acceptors (Lipinski definition) is 5. The molecule has 1 aliphatic carbocycles. The molecule has 0 unspecified atom stereocenters. The van der Waals surface area contributed by atoms with Crippen LogP contribution in [0.4, 0.5) is 5.69 Å². The first-order valence-electron chi connectivity index (χ1n) is 11.3. The monoisotopic (exact) mass is 451 g/mol. The standard InChI is InChI=1S/C27H25N5O2/c33-25-18-21(17-22(31-25)20-9-14-28-15-10-20)30-26(34)23(16-19-6-2-1-3-7-19)32-27(11-12-27)24-8-4-5-13-29-24/h1-10,13-15,17-18,23,32H,11-12,16H2,(H2,30,31,33,34)/t23-/m0/s1. The maximum absolute atomic E-state index is 13.5. The van der Waals surface area contributed by atoms with E-state index < -0.39 is 6.04 Å². The van der Waals surface area contributed by atoms with Gasteiger partial charge in [0, 0.05) is 35.9 Å². The van der Waals surface area contributed by atoms with Crippen LogP contribution < -0.4 is 16.2 Å². The number of nitrogens with one attached hydrogen (secondary N) is 3. The molecule has 1 saturated carbocycles. The maximum Gasteiger partial charge on any atom is 0.250 e. The molecule has 3 N–H and O–H groups in total. The van der Waals surface area contributed by atoms with Gasteiger partial charge in [0.25, 0.3) is 0 Å². The predicted octanol–water partition coefficient (Wildman–Crippen LogP) is 3.66. The van der Waals surface area contributed by atoms with Gasteiger partial charge in [-0.05, 0) is 55.2 Å². The quantitative estimate of drug-likeness (QED) is 0.380. The third-order valence-corrected chi connectivity index (χ3v) is 6.06. The maximum atomic E-state index is 13.5. The molecule has 7 nitrogen and oxygen atoms in total. The molecule has 4 aromatic rings. The first-order valence-corrected chi connectivity index (χ1v) is 11.3. The molecule has 0 saturated heterocycles. The van der Waals surface area contributed by atoms with Crippen LogP contribution in [0.1, 0.15) is 24.1 Å². The molecular formula is C27H25N5O2. The summed E-state index contributed by atoms with van der Waals surface area (Å²) in [6.07, 6.45) is 7.44. The summed E-state index contributed by atoms with van der Waals surface area (Å²) in [5.41, 5.74) is 3.27. The number of benzene rings is 1. The number of nitrogens with zero attached hydrogens (tertiary/aromatic N) is 2. The van der Waals surface area contributed by atoms with E-state index in [9.17, 15) is 9.59 Å². The summed E-state index contributed by atoms with van der Waals surface area (Å²) in [6, 6.07) is 22.0. The molecule has 3 aromatic heterocycles. The Balaban J connectivity index is 1.41. The van der Waals surface area contributed by atoms with Crippen LogP contribution >= 0.6 is 0 Å².